The summed E-state index contributed by atoms with van der Waals surface area (Å²) in [4.78, 5) is 0. The van der Waals surface area contributed by atoms with E-state index in [-0.39, 0.29) is 25.0 Å². The first kappa shape index (κ1) is 12.3. The molecule has 1 fully saturated rings. The molecule has 1 atom stereocenters. The normalized spacial score (nSPS) is 16.9. The molecule has 1 aliphatic rings. The average molecular weight is 243 g/mol. The lowest BCUT2D eigenvalue weighted by Crippen LogP contribution is -2.39. The summed E-state index contributed by atoms with van der Waals surface area (Å²) in [6, 6.07) is 3.27. The number of benzene rings is 1. The third-order valence-corrected chi connectivity index (χ3v) is 2.56. The Morgan fingerprint density at radius 1 is 1.29 bits per heavy atom. The van der Waals surface area contributed by atoms with Crippen LogP contribution in [0.3, 0.4) is 0 Å². The Hall–Kier alpha value is -1.20. The lowest BCUT2D eigenvalue weighted by atomic mass is 10.3. The highest BCUT2D eigenvalue weighted by Crippen LogP contribution is 2.20. The molecule has 5 heteroatoms. The van der Waals surface area contributed by atoms with E-state index in [9.17, 15) is 8.78 Å². The maximum atomic E-state index is 12.9. The van der Waals surface area contributed by atoms with E-state index in [0.29, 0.717) is 6.04 Å². The first-order valence-electron chi connectivity index (χ1n) is 5.63. The molecule has 1 unspecified atom stereocenters. The van der Waals surface area contributed by atoms with Gasteiger partial charge in [-0.25, -0.2) is 8.78 Å². The lowest BCUT2D eigenvalue weighted by molar-refractivity contribution is 0.181. The Morgan fingerprint density at radius 3 is 2.47 bits per heavy atom. The van der Waals surface area contributed by atoms with Crippen molar-refractivity contribution in [3.05, 3.63) is 29.8 Å². The molecular weight excluding hydrogens is 228 g/mol. The molecule has 1 aromatic carbocycles. The van der Waals surface area contributed by atoms with Gasteiger partial charge in [0.15, 0.2) is 0 Å². The molecule has 3 nitrogen and oxygen atoms in total. The van der Waals surface area contributed by atoms with E-state index < -0.39 is 11.6 Å². The van der Waals surface area contributed by atoms with Gasteiger partial charge in [-0.15, -0.1) is 0 Å². The van der Waals surface area contributed by atoms with E-state index >= 15 is 0 Å². The van der Waals surface area contributed by atoms with Crippen LogP contribution in [0.15, 0.2) is 18.2 Å². The van der Waals surface area contributed by atoms with Gasteiger partial charge in [0.2, 0.25) is 0 Å². The van der Waals surface area contributed by atoms with Crippen LogP contribution >= 0.6 is 0 Å². The fraction of sp³-hybridized carbons (Fsp3) is 0.500. The van der Waals surface area contributed by atoms with Crippen molar-refractivity contribution in [2.45, 2.75) is 24.9 Å². The average Bonchev–Trinajstić information content (AvgIpc) is 3.06. The SMILES string of the molecule is OCC(COc1cc(F)cc(F)c1)NC1CC1. The minimum Gasteiger partial charge on any atom is -0.492 e. The first-order valence-corrected chi connectivity index (χ1v) is 5.63. The molecular formula is C12H15F2NO2. The highest BCUT2D eigenvalue weighted by atomic mass is 19.1. The Bertz CT molecular complexity index is 363. The van der Waals surface area contributed by atoms with Crippen LogP contribution in [0.25, 0.3) is 0 Å². The van der Waals surface area contributed by atoms with Crippen molar-refractivity contribution < 1.29 is 18.6 Å². The molecule has 0 aromatic heterocycles. The summed E-state index contributed by atoms with van der Waals surface area (Å²) in [6.07, 6.45) is 2.20. The van der Waals surface area contributed by atoms with E-state index in [2.05, 4.69) is 5.32 Å². The van der Waals surface area contributed by atoms with Gasteiger partial charge in [0.05, 0.1) is 12.6 Å². The number of hydrogen-bond acceptors (Lipinski definition) is 3. The molecule has 1 aliphatic carbocycles. The van der Waals surface area contributed by atoms with Crippen LogP contribution in [-0.4, -0.2) is 30.4 Å². The van der Waals surface area contributed by atoms with Crippen LogP contribution in [0.5, 0.6) is 5.75 Å². The summed E-state index contributed by atoms with van der Waals surface area (Å²) in [6.45, 7) is 0.129. The number of ether oxygens (including phenoxy) is 1. The van der Waals surface area contributed by atoms with Crippen molar-refractivity contribution >= 4 is 0 Å². The Kier molecular flexibility index (Phi) is 3.91. The molecule has 17 heavy (non-hydrogen) atoms. The number of aliphatic hydroxyl groups is 1. The first-order chi connectivity index (χ1) is 8.17. The third kappa shape index (κ3) is 3.94. The fourth-order valence-corrected chi connectivity index (χ4v) is 1.55. The molecule has 0 aliphatic heterocycles. The molecule has 1 saturated carbocycles. The maximum Gasteiger partial charge on any atom is 0.129 e. The zero-order valence-corrected chi connectivity index (χ0v) is 9.33. The van der Waals surface area contributed by atoms with E-state index in [4.69, 9.17) is 9.84 Å². The van der Waals surface area contributed by atoms with Crippen molar-refractivity contribution in [3.8, 4) is 5.75 Å². The van der Waals surface area contributed by atoms with Crippen molar-refractivity contribution in [2.24, 2.45) is 0 Å². The molecule has 0 saturated heterocycles. The monoisotopic (exact) mass is 243 g/mol. The van der Waals surface area contributed by atoms with Crippen LogP contribution < -0.4 is 10.1 Å². The Labute approximate surface area is 98.4 Å². The topological polar surface area (TPSA) is 41.5 Å². The minimum absolute atomic E-state index is 0.0612. The van der Waals surface area contributed by atoms with Gasteiger partial charge in [-0.05, 0) is 12.8 Å². The Morgan fingerprint density at radius 2 is 1.94 bits per heavy atom. The molecule has 2 N–H and O–H groups in total. The zero-order valence-electron chi connectivity index (χ0n) is 9.33. The number of hydrogen-bond donors (Lipinski definition) is 2. The van der Waals surface area contributed by atoms with Gasteiger partial charge in [-0.3, -0.25) is 0 Å². The maximum absolute atomic E-state index is 12.9. The van der Waals surface area contributed by atoms with Crippen LogP contribution in [0.2, 0.25) is 0 Å². The van der Waals surface area contributed by atoms with E-state index in [0.717, 1.165) is 31.0 Å². The lowest BCUT2D eigenvalue weighted by Gasteiger charge is -2.16. The predicted octanol–water partition coefficient (Wildman–Crippen LogP) is 1.46. The highest BCUT2D eigenvalue weighted by Gasteiger charge is 2.24. The summed E-state index contributed by atoms with van der Waals surface area (Å²) >= 11 is 0. The fourth-order valence-electron chi connectivity index (χ4n) is 1.55. The van der Waals surface area contributed by atoms with E-state index in [1.54, 1.807) is 0 Å². The van der Waals surface area contributed by atoms with Crippen molar-refractivity contribution in [2.75, 3.05) is 13.2 Å². The van der Waals surface area contributed by atoms with Crippen molar-refractivity contribution in [1.82, 2.24) is 5.32 Å². The smallest absolute Gasteiger partial charge is 0.129 e. The standard InChI is InChI=1S/C12H15F2NO2/c13-8-3-9(14)5-12(4-8)17-7-11(6-16)15-10-1-2-10/h3-5,10-11,15-16H,1-2,6-7H2. The number of aliphatic hydroxyl groups excluding tert-OH is 1. The van der Waals surface area contributed by atoms with Gasteiger partial charge in [-0.1, -0.05) is 0 Å². The van der Waals surface area contributed by atoms with Gasteiger partial charge < -0.3 is 15.2 Å². The molecule has 2 rings (SSSR count). The number of halogens is 2. The van der Waals surface area contributed by atoms with Gasteiger partial charge in [0.1, 0.15) is 24.0 Å². The molecule has 0 radical (unpaired) electrons. The number of nitrogens with one attached hydrogen (secondary N) is 1. The van der Waals surface area contributed by atoms with Crippen LogP contribution in [0.1, 0.15) is 12.8 Å². The molecule has 0 spiro atoms. The predicted molar refractivity (Wildman–Crippen MR) is 58.9 cm³/mol. The van der Waals surface area contributed by atoms with Gasteiger partial charge >= 0.3 is 0 Å². The van der Waals surface area contributed by atoms with E-state index in [1.807, 2.05) is 0 Å². The summed E-state index contributed by atoms with van der Waals surface area (Å²) in [5.74, 6) is -1.20. The third-order valence-electron chi connectivity index (χ3n) is 2.56. The van der Waals surface area contributed by atoms with Crippen LogP contribution in [-0.2, 0) is 0 Å². The van der Waals surface area contributed by atoms with Gasteiger partial charge in [0.25, 0.3) is 0 Å². The second-order valence-corrected chi connectivity index (χ2v) is 4.24. The molecule has 0 bridgehead atoms. The summed E-state index contributed by atoms with van der Waals surface area (Å²) in [7, 11) is 0. The van der Waals surface area contributed by atoms with Crippen LogP contribution in [0.4, 0.5) is 8.78 Å². The van der Waals surface area contributed by atoms with Crippen molar-refractivity contribution in [1.29, 1.82) is 0 Å². The van der Waals surface area contributed by atoms with Crippen LogP contribution in [0, 0.1) is 11.6 Å². The van der Waals surface area contributed by atoms with Gasteiger partial charge in [0, 0.05) is 24.2 Å². The van der Waals surface area contributed by atoms with Gasteiger partial charge in [-0.2, -0.15) is 0 Å². The molecule has 0 heterocycles. The summed E-state index contributed by atoms with van der Waals surface area (Å²) < 4.78 is 31.0. The highest BCUT2D eigenvalue weighted by molar-refractivity contribution is 5.23. The molecule has 0 amide bonds. The second kappa shape index (κ2) is 5.42. The van der Waals surface area contributed by atoms with E-state index in [1.165, 1.54) is 0 Å². The largest absolute Gasteiger partial charge is 0.492 e. The molecule has 1 aromatic rings. The summed E-state index contributed by atoms with van der Waals surface area (Å²) in [5.41, 5.74) is 0. The second-order valence-electron chi connectivity index (χ2n) is 4.24. The van der Waals surface area contributed by atoms with Crippen molar-refractivity contribution in [3.63, 3.8) is 0 Å². The molecule has 94 valence electrons. The quantitative estimate of drug-likeness (QED) is 0.794. The minimum atomic E-state index is -0.671. The number of rotatable bonds is 6. The summed E-state index contributed by atoms with van der Waals surface area (Å²) in [5, 5.41) is 12.3. The Balaban J connectivity index is 1.86. The zero-order chi connectivity index (χ0) is 12.3.